The molecule has 0 spiro atoms. The number of hydrogen-bond acceptors (Lipinski definition) is 5. The molecule has 0 heterocycles. The van der Waals surface area contributed by atoms with Crippen molar-refractivity contribution in [3.8, 4) is 5.75 Å². The molecule has 3 aromatic rings. The molecule has 0 aromatic heterocycles. The fourth-order valence-electron chi connectivity index (χ4n) is 4.70. The Labute approximate surface area is 247 Å². The maximum Gasteiger partial charge on any atom is 0.253 e. The SMILES string of the molecule is CCOc1cc(C(=O)N[C@@H](Cc2ccccc2)[C@@H](N)C[C@@H](C)C(=O)Nc2ccc(F)cc2)cc(C(=O)N(CC)CC)c1. The Balaban J connectivity index is 1.82. The Bertz CT molecular complexity index is 1330. The second kappa shape index (κ2) is 15.7. The van der Waals surface area contributed by atoms with Crippen LogP contribution in [0.4, 0.5) is 10.1 Å². The van der Waals surface area contributed by atoms with Crippen LogP contribution in [0.5, 0.6) is 5.75 Å². The van der Waals surface area contributed by atoms with E-state index in [-0.39, 0.29) is 29.6 Å². The standard InChI is InChI=1S/C33H41FN4O4/c1-5-38(6-2)33(41)25-19-24(20-28(21-25)42-7-3)32(40)37-30(18-23-11-9-8-10-12-23)29(35)17-22(4)31(39)36-27-15-13-26(34)14-16-27/h8-16,19-22,29-30H,5-7,17-18,35H2,1-4H3,(H,36,39)(H,37,40)/t22-,29+,30+/m1/s1. The molecule has 0 aliphatic heterocycles. The van der Waals surface area contributed by atoms with Gasteiger partial charge in [-0.1, -0.05) is 37.3 Å². The Morgan fingerprint density at radius 1 is 0.929 bits per heavy atom. The Morgan fingerprint density at radius 3 is 2.19 bits per heavy atom. The monoisotopic (exact) mass is 576 g/mol. The molecule has 3 amide bonds. The van der Waals surface area contributed by atoms with Crippen molar-refractivity contribution in [3.05, 3.63) is 95.3 Å². The number of nitrogens with two attached hydrogens (primary N) is 1. The quantitative estimate of drug-likeness (QED) is 0.249. The van der Waals surface area contributed by atoms with Crippen LogP contribution in [0, 0.1) is 11.7 Å². The second-order valence-electron chi connectivity index (χ2n) is 10.2. The molecular weight excluding hydrogens is 535 g/mol. The van der Waals surface area contributed by atoms with Crippen LogP contribution in [0.1, 0.15) is 60.4 Å². The van der Waals surface area contributed by atoms with Gasteiger partial charge in [0.1, 0.15) is 11.6 Å². The van der Waals surface area contributed by atoms with Crippen molar-refractivity contribution in [1.82, 2.24) is 10.2 Å². The first-order chi connectivity index (χ1) is 20.1. The highest BCUT2D eigenvalue weighted by Crippen LogP contribution is 2.21. The van der Waals surface area contributed by atoms with Gasteiger partial charge in [-0.15, -0.1) is 0 Å². The van der Waals surface area contributed by atoms with E-state index in [1.165, 1.54) is 24.3 Å². The second-order valence-corrected chi connectivity index (χ2v) is 10.2. The summed E-state index contributed by atoms with van der Waals surface area (Å²) in [6.45, 7) is 8.85. The van der Waals surface area contributed by atoms with Gasteiger partial charge in [-0.3, -0.25) is 14.4 Å². The Hall–Kier alpha value is -4.24. The summed E-state index contributed by atoms with van der Waals surface area (Å²) in [5.74, 6) is -1.29. The third kappa shape index (κ3) is 9.14. The number of nitrogens with one attached hydrogen (secondary N) is 2. The normalized spacial score (nSPS) is 13.0. The van der Waals surface area contributed by atoms with E-state index in [9.17, 15) is 18.8 Å². The first-order valence-corrected chi connectivity index (χ1v) is 14.4. The molecule has 0 bridgehead atoms. The van der Waals surface area contributed by atoms with Gasteiger partial charge in [-0.05, 0) is 81.6 Å². The molecule has 0 saturated carbocycles. The lowest BCUT2D eigenvalue weighted by Crippen LogP contribution is -2.50. The van der Waals surface area contributed by atoms with E-state index in [1.807, 2.05) is 51.1 Å². The van der Waals surface area contributed by atoms with Crippen LogP contribution in [-0.2, 0) is 11.2 Å². The number of carbonyl (C=O) groups is 3. The molecule has 0 unspecified atom stereocenters. The largest absolute Gasteiger partial charge is 0.494 e. The molecular formula is C33H41FN4O4. The van der Waals surface area contributed by atoms with E-state index < -0.39 is 23.9 Å². The lowest BCUT2D eigenvalue weighted by Gasteiger charge is -2.27. The fraction of sp³-hybridized carbons (Fsp3) is 0.364. The van der Waals surface area contributed by atoms with Crippen LogP contribution >= 0.6 is 0 Å². The minimum atomic E-state index is -0.574. The van der Waals surface area contributed by atoms with Gasteiger partial charge in [0.25, 0.3) is 11.8 Å². The molecule has 0 saturated heterocycles. The molecule has 224 valence electrons. The lowest BCUT2D eigenvalue weighted by atomic mass is 9.91. The minimum Gasteiger partial charge on any atom is -0.494 e. The predicted molar refractivity (Wildman–Crippen MR) is 163 cm³/mol. The van der Waals surface area contributed by atoms with Gasteiger partial charge in [-0.2, -0.15) is 0 Å². The summed E-state index contributed by atoms with van der Waals surface area (Å²) >= 11 is 0. The Kier molecular flexibility index (Phi) is 12.0. The van der Waals surface area contributed by atoms with E-state index in [4.69, 9.17) is 10.5 Å². The first kappa shape index (κ1) is 32.3. The lowest BCUT2D eigenvalue weighted by molar-refractivity contribution is -0.119. The molecule has 3 atom stereocenters. The number of anilines is 1. The molecule has 0 aliphatic rings. The summed E-state index contributed by atoms with van der Waals surface area (Å²) in [6, 6.07) is 18.9. The summed E-state index contributed by atoms with van der Waals surface area (Å²) in [5, 5.41) is 5.84. The summed E-state index contributed by atoms with van der Waals surface area (Å²) in [6.07, 6.45) is 0.728. The van der Waals surface area contributed by atoms with Crippen molar-refractivity contribution in [3.63, 3.8) is 0 Å². The van der Waals surface area contributed by atoms with Crippen molar-refractivity contribution in [1.29, 1.82) is 0 Å². The highest BCUT2D eigenvalue weighted by atomic mass is 19.1. The zero-order valence-electron chi connectivity index (χ0n) is 24.7. The van der Waals surface area contributed by atoms with E-state index in [2.05, 4.69) is 10.6 Å². The van der Waals surface area contributed by atoms with E-state index >= 15 is 0 Å². The van der Waals surface area contributed by atoms with Crippen molar-refractivity contribution < 1.29 is 23.5 Å². The van der Waals surface area contributed by atoms with Crippen LogP contribution in [0.2, 0.25) is 0 Å². The van der Waals surface area contributed by atoms with Gasteiger partial charge in [0.15, 0.2) is 0 Å². The fourth-order valence-corrected chi connectivity index (χ4v) is 4.70. The first-order valence-electron chi connectivity index (χ1n) is 14.4. The maximum absolute atomic E-state index is 13.6. The van der Waals surface area contributed by atoms with Gasteiger partial charge in [0.05, 0.1) is 6.61 Å². The molecule has 0 fully saturated rings. The molecule has 0 aliphatic carbocycles. The molecule has 4 N–H and O–H groups in total. The smallest absolute Gasteiger partial charge is 0.253 e. The third-order valence-electron chi connectivity index (χ3n) is 7.09. The molecule has 0 radical (unpaired) electrons. The number of hydrogen-bond donors (Lipinski definition) is 3. The highest BCUT2D eigenvalue weighted by Gasteiger charge is 2.26. The summed E-state index contributed by atoms with van der Waals surface area (Å²) in [4.78, 5) is 41.3. The van der Waals surface area contributed by atoms with Crippen molar-refractivity contribution in [2.45, 2.75) is 52.6 Å². The summed E-state index contributed by atoms with van der Waals surface area (Å²) < 4.78 is 18.9. The van der Waals surface area contributed by atoms with E-state index in [0.29, 0.717) is 43.1 Å². The number of halogens is 1. The van der Waals surface area contributed by atoms with Gasteiger partial charge in [0, 0.05) is 47.9 Å². The van der Waals surface area contributed by atoms with Crippen LogP contribution in [0.25, 0.3) is 0 Å². The van der Waals surface area contributed by atoms with E-state index in [1.54, 1.807) is 30.0 Å². The number of amides is 3. The van der Waals surface area contributed by atoms with Crippen LogP contribution in [0.3, 0.4) is 0 Å². The van der Waals surface area contributed by atoms with Gasteiger partial charge < -0.3 is 26.0 Å². The van der Waals surface area contributed by atoms with Crippen molar-refractivity contribution >= 4 is 23.4 Å². The van der Waals surface area contributed by atoms with Gasteiger partial charge >= 0.3 is 0 Å². The van der Waals surface area contributed by atoms with E-state index in [0.717, 1.165) is 5.56 Å². The molecule has 9 heteroatoms. The molecule has 8 nitrogen and oxygen atoms in total. The highest BCUT2D eigenvalue weighted by molar-refractivity contribution is 6.00. The van der Waals surface area contributed by atoms with Crippen LogP contribution in [-0.4, -0.2) is 54.4 Å². The maximum atomic E-state index is 13.6. The molecule has 42 heavy (non-hydrogen) atoms. The Morgan fingerprint density at radius 2 is 1.57 bits per heavy atom. The number of rotatable bonds is 14. The third-order valence-corrected chi connectivity index (χ3v) is 7.09. The zero-order valence-corrected chi connectivity index (χ0v) is 24.7. The average Bonchev–Trinajstić information content (AvgIpc) is 2.99. The predicted octanol–water partition coefficient (Wildman–Crippen LogP) is 5.04. The number of benzene rings is 3. The van der Waals surface area contributed by atoms with Crippen LogP contribution < -0.4 is 21.1 Å². The average molecular weight is 577 g/mol. The zero-order chi connectivity index (χ0) is 30.6. The minimum absolute atomic E-state index is 0.186. The molecule has 3 rings (SSSR count). The molecule has 3 aromatic carbocycles. The summed E-state index contributed by atoms with van der Waals surface area (Å²) in [5.41, 5.74) is 8.75. The van der Waals surface area contributed by atoms with Crippen molar-refractivity contribution in [2.24, 2.45) is 11.7 Å². The topological polar surface area (TPSA) is 114 Å². The number of carbonyl (C=O) groups excluding carboxylic acids is 3. The van der Waals surface area contributed by atoms with Crippen LogP contribution in [0.15, 0.2) is 72.8 Å². The van der Waals surface area contributed by atoms with Crippen molar-refractivity contribution in [2.75, 3.05) is 25.0 Å². The number of nitrogens with zero attached hydrogens (tertiary/aromatic N) is 1. The van der Waals surface area contributed by atoms with Gasteiger partial charge in [-0.25, -0.2) is 4.39 Å². The van der Waals surface area contributed by atoms with Gasteiger partial charge in [0.2, 0.25) is 5.91 Å². The summed E-state index contributed by atoms with van der Waals surface area (Å²) in [7, 11) is 0. The number of ether oxygens (including phenoxy) is 1.